The van der Waals surface area contributed by atoms with Gasteiger partial charge >= 0.3 is 0 Å². The Labute approximate surface area is 91.3 Å². The van der Waals surface area contributed by atoms with Crippen molar-refractivity contribution in [1.29, 1.82) is 5.26 Å². The molecular weight excluding hydrogens is 212 g/mol. The second-order valence-corrected chi connectivity index (χ2v) is 4.07. The monoisotopic (exact) mass is 222 g/mol. The molecule has 1 rings (SSSR count). The van der Waals surface area contributed by atoms with Crippen LogP contribution in [0, 0.1) is 17.2 Å². The lowest BCUT2D eigenvalue weighted by molar-refractivity contribution is 0.0950. The van der Waals surface area contributed by atoms with Crippen LogP contribution < -0.4 is 5.73 Å². The van der Waals surface area contributed by atoms with Crippen molar-refractivity contribution in [1.82, 2.24) is 0 Å². The SMILES string of the molecule is CCC(C#N)C(=O)c1ccc(C(N)=O)s1. The Morgan fingerprint density at radius 1 is 1.53 bits per heavy atom. The largest absolute Gasteiger partial charge is 0.365 e. The van der Waals surface area contributed by atoms with Crippen LogP contribution in [0.3, 0.4) is 0 Å². The highest BCUT2D eigenvalue weighted by molar-refractivity contribution is 7.16. The zero-order valence-corrected chi connectivity index (χ0v) is 9.00. The van der Waals surface area contributed by atoms with E-state index in [9.17, 15) is 9.59 Å². The van der Waals surface area contributed by atoms with Crippen LogP contribution in [0.5, 0.6) is 0 Å². The summed E-state index contributed by atoms with van der Waals surface area (Å²) in [5.41, 5.74) is 5.06. The second-order valence-electron chi connectivity index (χ2n) is 2.98. The van der Waals surface area contributed by atoms with Crippen molar-refractivity contribution in [3.8, 4) is 6.07 Å². The molecule has 0 aliphatic heterocycles. The van der Waals surface area contributed by atoms with Crippen molar-refractivity contribution in [2.24, 2.45) is 11.7 Å². The third kappa shape index (κ3) is 2.42. The summed E-state index contributed by atoms with van der Waals surface area (Å²) in [5.74, 6) is -1.43. The summed E-state index contributed by atoms with van der Waals surface area (Å²) in [5, 5.41) is 8.72. The van der Waals surface area contributed by atoms with Gasteiger partial charge in [0, 0.05) is 0 Å². The maximum Gasteiger partial charge on any atom is 0.258 e. The second kappa shape index (κ2) is 4.71. The molecule has 1 aromatic heterocycles. The van der Waals surface area contributed by atoms with E-state index in [0.717, 1.165) is 11.3 Å². The molecule has 1 atom stereocenters. The van der Waals surface area contributed by atoms with Crippen LogP contribution in [-0.4, -0.2) is 11.7 Å². The van der Waals surface area contributed by atoms with Gasteiger partial charge in [-0.15, -0.1) is 11.3 Å². The number of Topliss-reactive ketones (excluding diaryl/α,β-unsaturated/α-hetero) is 1. The highest BCUT2D eigenvalue weighted by Crippen LogP contribution is 2.20. The molecule has 4 nitrogen and oxygen atoms in total. The van der Waals surface area contributed by atoms with Crippen LogP contribution in [0.25, 0.3) is 0 Å². The van der Waals surface area contributed by atoms with E-state index in [0.29, 0.717) is 16.2 Å². The first-order valence-electron chi connectivity index (χ1n) is 4.43. The Kier molecular flexibility index (Phi) is 3.58. The number of primary amides is 1. The molecule has 78 valence electrons. The molecule has 1 heterocycles. The fourth-order valence-corrected chi connectivity index (χ4v) is 1.96. The fourth-order valence-electron chi connectivity index (χ4n) is 1.11. The predicted molar refractivity (Wildman–Crippen MR) is 56.6 cm³/mol. The van der Waals surface area contributed by atoms with Crippen LogP contribution in [0.2, 0.25) is 0 Å². The minimum atomic E-state index is -0.635. The van der Waals surface area contributed by atoms with E-state index in [-0.39, 0.29) is 5.78 Å². The maximum atomic E-state index is 11.7. The Balaban J connectivity index is 2.93. The number of thiophene rings is 1. The number of nitrogens with zero attached hydrogens (tertiary/aromatic N) is 1. The first kappa shape index (κ1) is 11.4. The minimum Gasteiger partial charge on any atom is -0.365 e. The minimum absolute atomic E-state index is 0.238. The molecule has 0 radical (unpaired) electrons. The van der Waals surface area contributed by atoms with Crippen molar-refractivity contribution in [3.63, 3.8) is 0 Å². The van der Waals surface area contributed by atoms with Gasteiger partial charge in [0.05, 0.1) is 15.8 Å². The van der Waals surface area contributed by atoms with Crippen LogP contribution in [0.4, 0.5) is 0 Å². The zero-order chi connectivity index (χ0) is 11.4. The summed E-state index contributed by atoms with van der Waals surface area (Å²) in [6, 6.07) is 4.97. The molecule has 0 spiro atoms. The van der Waals surface area contributed by atoms with E-state index in [4.69, 9.17) is 11.0 Å². The number of carbonyl (C=O) groups is 2. The molecule has 1 amide bonds. The standard InChI is InChI=1S/C10H10N2O2S/c1-2-6(5-11)9(13)7-3-4-8(15-7)10(12)14/h3-4,6H,2H2,1H3,(H2,12,14). The molecule has 0 saturated carbocycles. The first-order chi connectivity index (χ1) is 7.10. The summed E-state index contributed by atoms with van der Waals surface area (Å²) < 4.78 is 0. The van der Waals surface area contributed by atoms with E-state index in [1.165, 1.54) is 12.1 Å². The normalized spacial score (nSPS) is 11.7. The van der Waals surface area contributed by atoms with Gasteiger partial charge in [-0.1, -0.05) is 6.92 Å². The summed E-state index contributed by atoms with van der Waals surface area (Å²) >= 11 is 1.03. The number of nitriles is 1. The van der Waals surface area contributed by atoms with Gasteiger partial charge in [-0.05, 0) is 18.6 Å². The van der Waals surface area contributed by atoms with E-state index >= 15 is 0 Å². The van der Waals surface area contributed by atoms with Crippen LogP contribution >= 0.6 is 11.3 Å². The lowest BCUT2D eigenvalue weighted by atomic mass is 10.0. The number of nitrogens with two attached hydrogens (primary N) is 1. The number of hydrogen-bond donors (Lipinski definition) is 1. The lowest BCUT2D eigenvalue weighted by Gasteiger charge is -2.00. The van der Waals surface area contributed by atoms with Gasteiger partial charge in [-0.25, -0.2) is 0 Å². The zero-order valence-electron chi connectivity index (χ0n) is 8.19. The van der Waals surface area contributed by atoms with Crippen LogP contribution in [0.1, 0.15) is 32.7 Å². The molecular formula is C10H10N2O2S. The lowest BCUT2D eigenvalue weighted by Crippen LogP contribution is -2.10. The van der Waals surface area contributed by atoms with Crippen molar-refractivity contribution < 1.29 is 9.59 Å². The van der Waals surface area contributed by atoms with Crippen LogP contribution in [0.15, 0.2) is 12.1 Å². The van der Waals surface area contributed by atoms with Crippen LogP contribution in [-0.2, 0) is 0 Å². The quantitative estimate of drug-likeness (QED) is 0.785. The average Bonchev–Trinajstić information content (AvgIpc) is 2.68. The van der Waals surface area contributed by atoms with E-state index in [1.54, 1.807) is 6.92 Å². The molecule has 0 aromatic carbocycles. The average molecular weight is 222 g/mol. The third-order valence-corrected chi connectivity index (χ3v) is 3.09. The first-order valence-corrected chi connectivity index (χ1v) is 5.25. The van der Waals surface area contributed by atoms with Crippen molar-refractivity contribution in [2.45, 2.75) is 13.3 Å². The summed E-state index contributed by atoms with van der Waals surface area (Å²) in [4.78, 5) is 23.2. The molecule has 0 saturated heterocycles. The summed E-state index contributed by atoms with van der Waals surface area (Å²) in [6.45, 7) is 1.77. The third-order valence-electron chi connectivity index (χ3n) is 1.97. The predicted octanol–water partition coefficient (Wildman–Crippen LogP) is 1.58. The molecule has 2 N–H and O–H groups in total. The molecule has 5 heteroatoms. The van der Waals surface area contributed by atoms with Gasteiger partial charge in [0.15, 0.2) is 5.78 Å². The number of rotatable bonds is 4. The number of ketones is 1. The Hall–Kier alpha value is -1.67. The Morgan fingerprint density at radius 3 is 2.53 bits per heavy atom. The van der Waals surface area contributed by atoms with Gasteiger partial charge in [-0.3, -0.25) is 9.59 Å². The van der Waals surface area contributed by atoms with E-state index < -0.39 is 11.8 Å². The smallest absolute Gasteiger partial charge is 0.258 e. The van der Waals surface area contributed by atoms with Gasteiger partial charge in [0.2, 0.25) is 0 Å². The molecule has 0 fully saturated rings. The van der Waals surface area contributed by atoms with Gasteiger partial charge < -0.3 is 5.73 Å². The van der Waals surface area contributed by atoms with E-state index in [2.05, 4.69) is 0 Å². The maximum absolute atomic E-state index is 11.7. The topological polar surface area (TPSA) is 83.9 Å². The summed E-state index contributed by atoms with van der Waals surface area (Å²) in [6.07, 6.45) is 0.471. The van der Waals surface area contributed by atoms with Gasteiger partial charge in [-0.2, -0.15) is 5.26 Å². The highest BCUT2D eigenvalue weighted by Gasteiger charge is 2.20. The molecule has 1 unspecified atom stereocenters. The molecule has 1 aromatic rings. The summed E-state index contributed by atoms with van der Waals surface area (Å²) in [7, 11) is 0. The molecule has 15 heavy (non-hydrogen) atoms. The highest BCUT2D eigenvalue weighted by atomic mass is 32.1. The fraction of sp³-hybridized carbons (Fsp3) is 0.300. The number of hydrogen-bond acceptors (Lipinski definition) is 4. The van der Waals surface area contributed by atoms with E-state index in [1.807, 2.05) is 6.07 Å². The van der Waals surface area contributed by atoms with Gasteiger partial charge in [0.1, 0.15) is 5.92 Å². The Bertz CT molecular complexity index is 431. The number of amides is 1. The van der Waals surface area contributed by atoms with Gasteiger partial charge in [0.25, 0.3) is 5.91 Å². The molecule has 0 aliphatic rings. The molecule has 0 bridgehead atoms. The number of carbonyl (C=O) groups excluding carboxylic acids is 2. The van der Waals surface area contributed by atoms with Crippen molar-refractivity contribution >= 4 is 23.0 Å². The van der Waals surface area contributed by atoms with Crippen molar-refractivity contribution in [3.05, 3.63) is 21.9 Å². The molecule has 0 aliphatic carbocycles. The Morgan fingerprint density at radius 2 is 2.13 bits per heavy atom. The van der Waals surface area contributed by atoms with Crippen molar-refractivity contribution in [2.75, 3.05) is 0 Å².